The average molecular weight is 236 g/mol. The van der Waals surface area contributed by atoms with Crippen molar-refractivity contribution in [2.45, 2.75) is 25.9 Å². The van der Waals surface area contributed by atoms with Crippen molar-refractivity contribution < 1.29 is 9.90 Å². The summed E-state index contributed by atoms with van der Waals surface area (Å²) < 4.78 is 0. The number of hydrogen-bond donors (Lipinski definition) is 3. The smallest absolute Gasteiger partial charge is 0.220 e. The van der Waals surface area contributed by atoms with Gasteiger partial charge in [0.1, 0.15) is 0 Å². The molecule has 1 atom stereocenters. The molecule has 1 unspecified atom stereocenters. The minimum Gasteiger partial charge on any atom is -0.387 e. The zero-order valence-corrected chi connectivity index (χ0v) is 10.1. The first kappa shape index (κ1) is 13.7. The SMILES string of the molecule is Cc1ccccc1C(O)CNC(=O)CCCN. The molecule has 4 heteroatoms. The van der Waals surface area contributed by atoms with Crippen LogP contribution >= 0.6 is 0 Å². The minimum atomic E-state index is -0.655. The number of nitrogens with one attached hydrogen (secondary N) is 1. The van der Waals surface area contributed by atoms with Gasteiger partial charge >= 0.3 is 0 Å². The van der Waals surface area contributed by atoms with Gasteiger partial charge < -0.3 is 16.2 Å². The van der Waals surface area contributed by atoms with E-state index in [0.717, 1.165) is 11.1 Å². The topological polar surface area (TPSA) is 75.3 Å². The number of nitrogens with two attached hydrogens (primary N) is 1. The Morgan fingerprint density at radius 1 is 1.47 bits per heavy atom. The van der Waals surface area contributed by atoms with Gasteiger partial charge in [-0.05, 0) is 31.0 Å². The molecule has 94 valence electrons. The highest BCUT2D eigenvalue weighted by Crippen LogP contribution is 2.16. The lowest BCUT2D eigenvalue weighted by Gasteiger charge is -2.14. The molecule has 0 radical (unpaired) electrons. The Morgan fingerprint density at radius 3 is 2.82 bits per heavy atom. The number of carbonyl (C=O) groups excluding carboxylic acids is 1. The van der Waals surface area contributed by atoms with Gasteiger partial charge in [0, 0.05) is 13.0 Å². The van der Waals surface area contributed by atoms with Crippen LogP contribution in [-0.4, -0.2) is 24.1 Å². The molecule has 0 aliphatic rings. The predicted octanol–water partition coefficient (Wildman–Crippen LogP) is 0.884. The lowest BCUT2D eigenvalue weighted by atomic mass is 10.0. The predicted molar refractivity (Wildman–Crippen MR) is 67.4 cm³/mol. The number of carbonyl (C=O) groups is 1. The summed E-state index contributed by atoms with van der Waals surface area (Å²) in [5.74, 6) is -0.0666. The van der Waals surface area contributed by atoms with Crippen molar-refractivity contribution in [3.63, 3.8) is 0 Å². The van der Waals surface area contributed by atoms with Crippen molar-refractivity contribution in [1.29, 1.82) is 0 Å². The van der Waals surface area contributed by atoms with Gasteiger partial charge in [0.2, 0.25) is 5.91 Å². The molecular formula is C13H20N2O2. The van der Waals surface area contributed by atoms with E-state index in [1.807, 2.05) is 31.2 Å². The molecular weight excluding hydrogens is 216 g/mol. The molecule has 1 aromatic carbocycles. The maximum atomic E-state index is 11.3. The summed E-state index contributed by atoms with van der Waals surface area (Å²) in [5.41, 5.74) is 7.19. The van der Waals surface area contributed by atoms with Crippen LogP contribution in [0.15, 0.2) is 24.3 Å². The van der Waals surface area contributed by atoms with Crippen LogP contribution in [0.5, 0.6) is 0 Å². The van der Waals surface area contributed by atoms with Crippen LogP contribution in [-0.2, 0) is 4.79 Å². The summed E-state index contributed by atoms with van der Waals surface area (Å²) >= 11 is 0. The van der Waals surface area contributed by atoms with E-state index in [0.29, 0.717) is 19.4 Å². The third kappa shape index (κ3) is 4.54. The Kier molecular flexibility index (Phi) is 5.66. The van der Waals surface area contributed by atoms with E-state index in [9.17, 15) is 9.90 Å². The summed E-state index contributed by atoms with van der Waals surface area (Å²) in [6.45, 7) is 2.69. The van der Waals surface area contributed by atoms with Gasteiger partial charge in [-0.2, -0.15) is 0 Å². The Hall–Kier alpha value is -1.39. The third-order valence-corrected chi connectivity index (χ3v) is 2.65. The molecule has 1 aromatic rings. The second-order valence-corrected chi connectivity index (χ2v) is 4.07. The number of aliphatic hydroxyl groups is 1. The maximum absolute atomic E-state index is 11.3. The van der Waals surface area contributed by atoms with Crippen molar-refractivity contribution in [2.75, 3.05) is 13.1 Å². The van der Waals surface area contributed by atoms with Crippen molar-refractivity contribution in [3.05, 3.63) is 35.4 Å². The van der Waals surface area contributed by atoms with Gasteiger partial charge in [0.25, 0.3) is 0 Å². The van der Waals surface area contributed by atoms with Gasteiger partial charge in [-0.3, -0.25) is 4.79 Å². The first-order valence-corrected chi connectivity index (χ1v) is 5.85. The van der Waals surface area contributed by atoms with E-state index in [1.54, 1.807) is 0 Å². The number of hydrogen-bond acceptors (Lipinski definition) is 3. The summed E-state index contributed by atoms with van der Waals surface area (Å²) in [7, 11) is 0. The number of aryl methyl sites for hydroxylation is 1. The van der Waals surface area contributed by atoms with Crippen LogP contribution < -0.4 is 11.1 Å². The van der Waals surface area contributed by atoms with Crippen LogP contribution in [0.4, 0.5) is 0 Å². The summed E-state index contributed by atoms with van der Waals surface area (Å²) in [6.07, 6.45) is 0.432. The molecule has 0 saturated heterocycles. The lowest BCUT2D eigenvalue weighted by Crippen LogP contribution is -2.28. The molecule has 0 aliphatic heterocycles. The Balaban J connectivity index is 2.42. The minimum absolute atomic E-state index is 0.0666. The molecule has 0 saturated carbocycles. The molecule has 0 spiro atoms. The molecule has 4 N–H and O–H groups in total. The van der Waals surface area contributed by atoms with Crippen molar-refractivity contribution in [3.8, 4) is 0 Å². The average Bonchev–Trinajstić information content (AvgIpc) is 2.34. The standard InChI is InChI=1S/C13H20N2O2/c1-10-5-2-3-6-11(10)12(16)9-15-13(17)7-4-8-14/h2-3,5-6,12,16H,4,7-9,14H2,1H3,(H,15,17). The highest BCUT2D eigenvalue weighted by molar-refractivity contribution is 5.75. The number of rotatable bonds is 6. The molecule has 0 bridgehead atoms. The van der Waals surface area contributed by atoms with Crippen molar-refractivity contribution >= 4 is 5.91 Å². The van der Waals surface area contributed by atoms with Crippen molar-refractivity contribution in [2.24, 2.45) is 5.73 Å². The second-order valence-electron chi connectivity index (χ2n) is 4.07. The normalized spacial score (nSPS) is 12.2. The lowest BCUT2D eigenvalue weighted by molar-refractivity contribution is -0.121. The van der Waals surface area contributed by atoms with Gasteiger partial charge in [-0.25, -0.2) is 0 Å². The summed E-state index contributed by atoms with van der Waals surface area (Å²) in [4.78, 5) is 11.3. The first-order chi connectivity index (χ1) is 8.15. The Morgan fingerprint density at radius 2 is 2.18 bits per heavy atom. The summed E-state index contributed by atoms with van der Waals surface area (Å²) in [5, 5.41) is 12.6. The fourth-order valence-corrected chi connectivity index (χ4v) is 1.63. The van der Waals surface area contributed by atoms with Gasteiger partial charge in [0.15, 0.2) is 0 Å². The van der Waals surface area contributed by atoms with Crippen LogP contribution in [0.1, 0.15) is 30.1 Å². The van der Waals surface area contributed by atoms with Crippen molar-refractivity contribution in [1.82, 2.24) is 5.32 Å². The highest BCUT2D eigenvalue weighted by Gasteiger charge is 2.10. The molecule has 4 nitrogen and oxygen atoms in total. The fraction of sp³-hybridized carbons (Fsp3) is 0.462. The van der Waals surface area contributed by atoms with Crippen LogP contribution in [0.2, 0.25) is 0 Å². The van der Waals surface area contributed by atoms with E-state index >= 15 is 0 Å². The molecule has 1 rings (SSSR count). The van der Waals surface area contributed by atoms with Gasteiger partial charge in [-0.15, -0.1) is 0 Å². The molecule has 0 aromatic heterocycles. The summed E-state index contributed by atoms with van der Waals surface area (Å²) in [6, 6.07) is 7.61. The molecule has 0 aliphatic carbocycles. The largest absolute Gasteiger partial charge is 0.387 e. The Labute approximate surface area is 102 Å². The number of amides is 1. The van der Waals surface area contributed by atoms with Gasteiger partial charge in [-0.1, -0.05) is 24.3 Å². The van der Waals surface area contributed by atoms with Gasteiger partial charge in [0.05, 0.1) is 6.10 Å². The zero-order chi connectivity index (χ0) is 12.7. The fourth-order valence-electron chi connectivity index (χ4n) is 1.63. The quantitative estimate of drug-likeness (QED) is 0.686. The third-order valence-electron chi connectivity index (χ3n) is 2.65. The van der Waals surface area contributed by atoms with E-state index in [4.69, 9.17) is 5.73 Å². The molecule has 1 amide bonds. The highest BCUT2D eigenvalue weighted by atomic mass is 16.3. The van der Waals surface area contributed by atoms with Crippen LogP contribution in [0.3, 0.4) is 0 Å². The van der Waals surface area contributed by atoms with E-state index in [1.165, 1.54) is 0 Å². The Bertz CT molecular complexity index is 366. The first-order valence-electron chi connectivity index (χ1n) is 5.85. The van der Waals surface area contributed by atoms with Crippen LogP contribution in [0.25, 0.3) is 0 Å². The number of benzene rings is 1. The van der Waals surface area contributed by atoms with E-state index < -0.39 is 6.10 Å². The van der Waals surface area contributed by atoms with E-state index in [2.05, 4.69) is 5.32 Å². The monoisotopic (exact) mass is 236 g/mol. The second kappa shape index (κ2) is 7.04. The maximum Gasteiger partial charge on any atom is 0.220 e. The van der Waals surface area contributed by atoms with Crippen LogP contribution in [0, 0.1) is 6.92 Å². The zero-order valence-electron chi connectivity index (χ0n) is 10.1. The molecule has 17 heavy (non-hydrogen) atoms. The number of aliphatic hydroxyl groups excluding tert-OH is 1. The molecule has 0 fully saturated rings. The van der Waals surface area contributed by atoms with E-state index in [-0.39, 0.29) is 12.5 Å². The molecule has 0 heterocycles.